The number of amides is 1. The Morgan fingerprint density at radius 2 is 1.88 bits per heavy atom. The van der Waals surface area contributed by atoms with Gasteiger partial charge in [0.2, 0.25) is 0 Å². The number of aryl methyl sites for hydroxylation is 1. The molecule has 1 N–H and O–H groups in total. The molecule has 1 aliphatic heterocycles. The van der Waals surface area contributed by atoms with Gasteiger partial charge >= 0.3 is 0 Å². The van der Waals surface area contributed by atoms with E-state index in [1.165, 1.54) is 6.07 Å². The van der Waals surface area contributed by atoms with Gasteiger partial charge in [0.15, 0.2) is 0 Å². The quantitative estimate of drug-likeness (QED) is 0.792. The number of pyridine rings is 1. The zero-order valence-electron chi connectivity index (χ0n) is 18.7. The summed E-state index contributed by atoms with van der Waals surface area (Å²) in [5.41, 5.74) is 1.66. The van der Waals surface area contributed by atoms with Crippen LogP contribution in [0.15, 0.2) is 41.3 Å². The third-order valence-corrected chi connectivity index (χ3v) is 6.77. The molecule has 4 rings (SSSR count). The largest absolute Gasteiger partial charge is 0.393 e. The van der Waals surface area contributed by atoms with Crippen LogP contribution in [0.25, 0.3) is 0 Å². The van der Waals surface area contributed by atoms with E-state index in [9.17, 15) is 19.1 Å². The summed E-state index contributed by atoms with van der Waals surface area (Å²) in [6.07, 6.45) is 5.17. The number of benzene rings is 1. The summed E-state index contributed by atoms with van der Waals surface area (Å²) in [7, 11) is 0. The lowest BCUT2D eigenvalue weighted by Crippen LogP contribution is -2.40. The molecule has 0 spiro atoms. The van der Waals surface area contributed by atoms with Gasteiger partial charge in [0.25, 0.3) is 11.5 Å². The second-order valence-corrected chi connectivity index (χ2v) is 9.10. The minimum Gasteiger partial charge on any atom is -0.393 e. The second-order valence-electron chi connectivity index (χ2n) is 9.10. The van der Waals surface area contributed by atoms with E-state index in [1.807, 2.05) is 19.1 Å². The number of hydrogen-bond donors (Lipinski definition) is 1. The van der Waals surface area contributed by atoms with Gasteiger partial charge in [-0.05, 0) is 68.4 Å². The molecule has 6 nitrogen and oxygen atoms in total. The lowest BCUT2D eigenvalue weighted by molar-refractivity contribution is 0.0755. The van der Waals surface area contributed by atoms with E-state index < -0.39 is 0 Å². The van der Waals surface area contributed by atoms with Crippen LogP contribution in [0.2, 0.25) is 0 Å². The van der Waals surface area contributed by atoms with E-state index in [0.29, 0.717) is 44.6 Å². The van der Waals surface area contributed by atoms with Crippen molar-refractivity contribution in [1.29, 1.82) is 0 Å². The molecule has 1 saturated heterocycles. The zero-order valence-corrected chi connectivity index (χ0v) is 18.7. The van der Waals surface area contributed by atoms with Crippen LogP contribution in [-0.2, 0) is 6.54 Å². The highest BCUT2D eigenvalue weighted by molar-refractivity contribution is 5.95. The molecule has 2 aliphatic rings. The van der Waals surface area contributed by atoms with E-state index in [-0.39, 0.29) is 35.0 Å². The Morgan fingerprint density at radius 1 is 1.09 bits per heavy atom. The molecule has 0 unspecified atom stereocenters. The molecule has 0 atom stereocenters. The Kier molecular flexibility index (Phi) is 7.06. The molecule has 172 valence electrons. The molecular weight excluding hydrogens is 409 g/mol. The van der Waals surface area contributed by atoms with Crippen molar-refractivity contribution < 1.29 is 14.3 Å². The molecule has 0 bridgehead atoms. The van der Waals surface area contributed by atoms with Crippen molar-refractivity contribution in [2.45, 2.75) is 57.7 Å². The third kappa shape index (κ3) is 5.10. The predicted molar refractivity (Wildman–Crippen MR) is 121 cm³/mol. The molecule has 32 heavy (non-hydrogen) atoms. The van der Waals surface area contributed by atoms with Gasteiger partial charge in [-0.25, -0.2) is 4.39 Å². The lowest BCUT2D eigenvalue weighted by Gasteiger charge is -2.28. The van der Waals surface area contributed by atoms with Crippen LogP contribution in [0.1, 0.15) is 59.6 Å². The van der Waals surface area contributed by atoms with Crippen LogP contribution >= 0.6 is 0 Å². The third-order valence-electron chi connectivity index (χ3n) is 6.77. The smallest absolute Gasteiger partial charge is 0.263 e. The van der Waals surface area contributed by atoms with Crippen LogP contribution in [-0.4, -0.2) is 57.7 Å². The Hall–Kier alpha value is -2.51. The summed E-state index contributed by atoms with van der Waals surface area (Å²) < 4.78 is 15.2. The van der Waals surface area contributed by atoms with E-state index in [2.05, 4.69) is 4.90 Å². The number of hydrogen-bond acceptors (Lipinski definition) is 4. The SMILES string of the molecule is Cc1ccn(C2CCC(O)CC2)c(=O)c1C(=O)N1CCCN(Cc2cccc(F)c2)CC1. The van der Waals surface area contributed by atoms with Gasteiger partial charge in [0.05, 0.1) is 6.10 Å². The molecule has 1 saturated carbocycles. The van der Waals surface area contributed by atoms with E-state index in [0.717, 1.165) is 31.4 Å². The minimum absolute atomic E-state index is 0.0314. The lowest BCUT2D eigenvalue weighted by atomic mass is 9.92. The van der Waals surface area contributed by atoms with Gasteiger partial charge in [-0.2, -0.15) is 0 Å². The summed E-state index contributed by atoms with van der Waals surface area (Å²) in [5, 5.41) is 9.78. The van der Waals surface area contributed by atoms with E-state index in [4.69, 9.17) is 0 Å². The molecule has 1 aliphatic carbocycles. The standard InChI is InChI=1S/C25H32FN3O3/c1-18-10-13-29(21-6-8-22(30)9-7-21)25(32)23(18)24(31)28-12-3-11-27(14-15-28)17-19-4-2-5-20(26)16-19/h2,4-5,10,13,16,21-22,30H,3,6-9,11-12,14-15,17H2,1H3. The monoisotopic (exact) mass is 441 g/mol. The van der Waals surface area contributed by atoms with Gasteiger partial charge in [-0.3, -0.25) is 14.5 Å². The molecule has 1 aromatic heterocycles. The number of nitrogens with zero attached hydrogens (tertiary/aromatic N) is 3. The summed E-state index contributed by atoms with van der Waals surface area (Å²) in [6, 6.07) is 8.51. The highest BCUT2D eigenvalue weighted by Gasteiger charge is 2.27. The first-order valence-electron chi connectivity index (χ1n) is 11.6. The van der Waals surface area contributed by atoms with Crippen molar-refractivity contribution in [3.05, 3.63) is 69.4 Å². The maximum Gasteiger partial charge on any atom is 0.263 e. The van der Waals surface area contributed by atoms with Crippen LogP contribution in [0.5, 0.6) is 0 Å². The van der Waals surface area contributed by atoms with Crippen molar-refractivity contribution in [3.8, 4) is 0 Å². The number of aliphatic hydroxyl groups excluding tert-OH is 1. The van der Waals surface area contributed by atoms with Gasteiger partial charge in [-0.15, -0.1) is 0 Å². The highest BCUT2D eigenvalue weighted by atomic mass is 19.1. The van der Waals surface area contributed by atoms with E-state index >= 15 is 0 Å². The van der Waals surface area contributed by atoms with Gasteiger partial charge in [-0.1, -0.05) is 12.1 Å². The van der Waals surface area contributed by atoms with E-state index in [1.54, 1.807) is 27.8 Å². The predicted octanol–water partition coefficient (Wildman–Crippen LogP) is 3.12. The van der Waals surface area contributed by atoms with Crippen LogP contribution in [0.3, 0.4) is 0 Å². The van der Waals surface area contributed by atoms with Crippen LogP contribution in [0.4, 0.5) is 4.39 Å². The Morgan fingerprint density at radius 3 is 2.62 bits per heavy atom. The van der Waals surface area contributed by atoms with Gasteiger partial charge in [0, 0.05) is 45.0 Å². The molecule has 0 radical (unpaired) electrons. The zero-order chi connectivity index (χ0) is 22.7. The average molecular weight is 442 g/mol. The summed E-state index contributed by atoms with van der Waals surface area (Å²) in [4.78, 5) is 30.7. The molecular formula is C25H32FN3O3. The van der Waals surface area contributed by atoms with Crippen molar-refractivity contribution in [2.75, 3.05) is 26.2 Å². The number of rotatable bonds is 4. The van der Waals surface area contributed by atoms with Crippen molar-refractivity contribution in [3.63, 3.8) is 0 Å². The summed E-state index contributed by atoms with van der Waals surface area (Å²) in [5.74, 6) is -0.442. The molecule has 1 amide bonds. The van der Waals surface area contributed by atoms with Crippen molar-refractivity contribution in [1.82, 2.24) is 14.4 Å². The first kappa shape index (κ1) is 22.7. The average Bonchev–Trinajstić information content (AvgIpc) is 3.00. The number of aromatic nitrogens is 1. The highest BCUT2D eigenvalue weighted by Crippen LogP contribution is 2.27. The topological polar surface area (TPSA) is 65.8 Å². The van der Waals surface area contributed by atoms with Crippen molar-refractivity contribution >= 4 is 5.91 Å². The molecule has 2 aromatic rings. The number of halogens is 1. The second kappa shape index (κ2) is 9.96. The first-order chi connectivity index (χ1) is 15.4. The summed E-state index contributed by atoms with van der Waals surface area (Å²) in [6.45, 7) is 5.10. The molecule has 2 fully saturated rings. The maximum absolute atomic E-state index is 13.5. The van der Waals surface area contributed by atoms with Gasteiger partial charge < -0.3 is 14.6 Å². The summed E-state index contributed by atoms with van der Waals surface area (Å²) >= 11 is 0. The first-order valence-corrected chi connectivity index (χ1v) is 11.6. The molecule has 2 heterocycles. The van der Waals surface area contributed by atoms with Gasteiger partial charge in [0.1, 0.15) is 11.4 Å². The molecule has 7 heteroatoms. The number of carbonyl (C=O) groups excluding carboxylic acids is 1. The Balaban J connectivity index is 1.47. The maximum atomic E-state index is 13.5. The fourth-order valence-corrected chi connectivity index (χ4v) is 4.91. The fraction of sp³-hybridized carbons (Fsp3) is 0.520. The van der Waals surface area contributed by atoms with Crippen LogP contribution in [0, 0.1) is 12.7 Å². The molecule has 1 aromatic carbocycles. The Bertz CT molecular complexity index is 1010. The number of aliphatic hydroxyl groups is 1. The van der Waals surface area contributed by atoms with Crippen molar-refractivity contribution in [2.24, 2.45) is 0 Å². The number of carbonyl (C=O) groups is 1. The normalized spacial score (nSPS) is 22.5. The van der Waals surface area contributed by atoms with Crippen LogP contribution < -0.4 is 5.56 Å². The Labute approximate surface area is 188 Å². The minimum atomic E-state index is -0.291. The fourth-order valence-electron chi connectivity index (χ4n) is 4.91.